The molecule has 1 aliphatic heterocycles. The second kappa shape index (κ2) is 5.73. The maximum absolute atomic E-state index is 11.9. The van der Waals surface area contributed by atoms with Crippen LogP contribution >= 0.6 is 11.8 Å². The number of hydrogen-bond donors (Lipinski definition) is 1. The fourth-order valence-corrected chi connectivity index (χ4v) is 5.04. The maximum Gasteiger partial charge on any atom is 0.169 e. The first-order valence-corrected chi connectivity index (χ1v) is 9.39. The summed E-state index contributed by atoms with van der Waals surface area (Å²) in [6, 6.07) is 7.87. The molecular formula is C13H20N2O2S2. The Morgan fingerprint density at radius 2 is 2.00 bits per heavy atom. The summed E-state index contributed by atoms with van der Waals surface area (Å²) in [5.74, 6) is 1.59. The first-order chi connectivity index (χ1) is 8.89. The Morgan fingerprint density at radius 3 is 2.53 bits per heavy atom. The normalized spacial score (nSPS) is 22.3. The molecule has 1 saturated heterocycles. The van der Waals surface area contributed by atoms with Gasteiger partial charge in [-0.25, -0.2) is 8.42 Å². The number of anilines is 1. The number of thioether (sulfide) groups is 1. The van der Waals surface area contributed by atoms with Crippen LogP contribution in [0.4, 0.5) is 5.69 Å². The minimum Gasteiger partial charge on any atom is -0.353 e. The van der Waals surface area contributed by atoms with Crippen molar-refractivity contribution in [3.05, 3.63) is 29.8 Å². The monoisotopic (exact) mass is 300 g/mol. The molecule has 1 fully saturated rings. The number of nitrogens with zero attached hydrogens (tertiary/aromatic N) is 1. The summed E-state index contributed by atoms with van der Waals surface area (Å²) in [6.07, 6.45) is 1.31. The number of nitrogens with two attached hydrogens (primary N) is 1. The molecule has 1 aromatic carbocycles. The highest BCUT2D eigenvalue weighted by molar-refractivity contribution is 8.01. The van der Waals surface area contributed by atoms with Gasteiger partial charge in [-0.3, -0.25) is 0 Å². The minimum atomic E-state index is -3.07. The Bertz CT molecular complexity index is 526. The quantitative estimate of drug-likeness (QED) is 0.919. The SMILES string of the molecule is C[C@@H](N)c1ccc(N2CCSCC2S(C)(=O)=O)cc1. The average Bonchev–Trinajstić information content (AvgIpc) is 2.38. The molecule has 106 valence electrons. The minimum absolute atomic E-state index is 0.00309. The van der Waals surface area contributed by atoms with Gasteiger partial charge in [0, 0.05) is 36.0 Å². The van der Waals surface area contributed by atoms with Crippen LogP contribution < -0.4 is 10.6 Å². The van der Waals surface area contributed by atoms with Gasteiger partial charge in [-0.05, 0) is 24.6 Å². The molecule has 1 aromatic rings. The van der Waals surface area contributed by atoms with Crippen molar-refractivity contribution >= 4 is 27.3 Å². The molecule has 1 aliphatic rings. The summed E-state index contributed by atoms with van der Waals surface area (Å²) in [5, 5.41) is -0.424. The summed E-state index contributed by atoms with van der Waals surface area (Å²) in [4.78, 5) is 1.98. The molecule has 2 rings (SSSR count). The van der Waals surface area contributed by atoms with Crippen molar-refractivity contribution in [2.75, 3.05) is 29.2 Å². The third-order valence-corrected chi connectivity index (χ3v) is 5.97. The second-order valence-electron chi connectivity index (χ2n) is 4.93. The van der Waals surface area contributed by atoms with E-state index in [4.69, 9.17) is 5.73 Å². The molecule has 0 aromatic heterocycles. The Hall–Kier alpha value is -0.720. The van der Waals surface area contributed by atoms with Gasteiger partial charge < -0.3 is 10.6 Å². The third-order valence-electron chi connectivity index (χ3n) is 3.33. The zero-order valence-electron chi connectivity index (χ0n) is 11.2. The molecule has 1 unspecified atom stereocenters. The first kappa shape index (κ1) is 14.7. The summed E-state index contributed by atoms with van der Waals surface area (Å²) in [5.41, 5.74) is 7.85. The fourth-order valence-electron chi connectivity index (χ4n) is 2.20. The molecule has 6 heteroatoms. The number of sulfone groups is 1. The Balaban J connectivity index is 2.27. The van der Waals surface area contributed by atoms with Gasteiger partial charge in [-0.1, -0.05) is 12.1 Å². The summed E-state index contributed by atoms with van der Waals surface area (Å²) < 4.78 is 23.7. The lowest BCUT2D eigenvalue weighted by Crippen LogP contribution is -2.47. The van der Waals surface area contributed by atoms with Crippen molar-refractivity contribution < 1.29 is 8.42 Å². The average molecular weight is 300 g/mol. The van der Waals surface area contributed by atoms with Gasteiger partial charge in [0.2, 0.25) is 0 Å². The van der Waals surface area contributed by atoms with Crippen LogP contribution in [0.1, 0.15) is 18.5 Å². The molecule has 0 saturated carbocycles. The first-order valence-electron chi connectivity index (χ1n) is 6.28. The van der Waals surface area contributed by atoms with Gasteiger partial charge in [-0.15, -0.1) is 0 Å². The smallest absolute Gasteiger partial charge is 0.169 e. The van der Waals surface area contributed by atoms with E-state index in [1.165, 1.54) is 6.26 Å². The highest BCUT2D eigenvalue weighted by Crippen LogP contribution is 2.27. The Kier molecular flexibility index (Phi) is 4.43. The van der Waals surface area contributed by atoms with Gasteiger partial charge in [-0.2, -0.15) is 11.8 Å². The Morgan fingerprint density at radius 1 is 1.37 bits per heavy atom. The van der Waals surface area contributed by atoms with E-state index in [9.17, 15) is 8.42 Å². The van der Waals surface area contributed by atoms with Crippen molar-refractivity contribution in [3.63, 3.8) is 0 Å². The van der Waals surface area contributed by atoms with Gasteiger partial charge in [0.1, 0.15) is 5.37 Å². The summed E-state index contributed by atoms with van der Waals surface area (Å²) in [7, 11) is -3.07. The van der Waals surface area contributed by atoms with Crippen LogP contribution in [0.2, 0.25) is 0 Å². The molecule has 0 radical (unpaired) electrons. The molecule has 0 spiro atoms. The molecule has 19 heavy (non-hydrogen) atoms. The second-order valence-corrected chi connectivity index (χ2v) is 8.29. The Labute approximate surface area is 119 Å². The topological polar surface area (TPSA) is 63.4 Å². The zero-order valence-corrected chi connectivity index (χ0v) is 12.9. The van der Waals surface area contributed by atoms with Crippen LogP contribution in [-0.4, -0.2) is 38.1 Å². The van der Waals surface area contributed by atoms with Crippen LogP contribution in [0.25, 0.3) is 0 Å². The van der Waals surface area contributed by atoms with E-state index < -0.39 is 15.2 Å². The van der Waals surface area contributed by atoms with Crippen molar-refractivity contribution in [2.45, 2.75) is 18.3 Å². The summed E-state index contributed by atoms with van der Waals surface area (Å²) >= 11 is 1.70. The van der Waals surface area contributed by atoms with Crippen molar-refractivity contribution in [1.82, 2.24) is 0 Å². The predicted octanol–water partition coefficient (Wildman–Crippen LogP) is 1.63. The summed E-state index contributed by atoms with van der Waals surface area (Å²) in [6.45, 7) is 2.70. The maximum atomic E-state index is 11.9. The van der Waals surface area contributed by atoms with Crippen LogP contribution in [0.3, 0.4) is 0 Å². The molecule has 0 aliphatic carbocycles. The van der Waals surface area contributed by atoms with Crippen LogP contribution in [0, 0.1) is 0 Å². The van der Waals surface area contributed by atoms with Gasteiger partial charge in [0.05, 0.1) is 0 Å². The molecule has 2 N–H and O–H groups in total. The lowest BCUT2D eigenvalue weighted by molar-refractivity contribution is 0.584. The van der Waals surface area contributed by atoms with Crippen LogP contribution in [-0.2, 0) is 9.84 Å². The molecular weight excluding hydrogens is 280 g/mol. The van der Waals surface area contributed by atoms with Crippen molar-refractivity contribution in [1.29, 1.82) is 0 Å². The third kappa shape index (κ3) is 3.43. The number of benzene rings is 1. The van der Waals surface area contributed by atoms with E-state index >= 15 is 0 Å². The molecule has 0 bridgehead atoms. The van der Waals surface area contributed by atoms with Gasteiger partial charge in [0.15, 0.2) is 9.84 Å². The molecule has 1 heterocycles. The van der Waals surface area contributed by atoms with E-state index in [1.54, 1.807) is 11.8 Å². The standard InChI is InChI=1S/C13H20N2O2S2/c1-10(14)11-3-5-12(6-4-11)15-7-8-18-9-13(15)19(2,16)17/h3-6,10,13H,7-9,14H2,1-2H3/t10-,13?/m1/s1. The van der Waals surface area contributed by atoms with Gasteiger partial charge in [0.25, 0.3) is 0 Å². The van der Waals surface area contributed by atoms with E-state index in [0.29, 0.717) is 5.75 Å². The predicted molar refractivity (Wildman–Crippen MR) is 82.3 cm³/mol. The van der Waals surface area contributed by atoms with E-state index in [1.807, 2.05) is 36.1 Å². The highest BCUT2D eigenvalue weighted by atomic mass is 32.2. The van der Waals surface area contributed by atoms with Crippen molar-refractivity contribution in [3.8, 4) is 0 Å². The van der Waals surface area contributed by atoms with Crippen LogP contribution in [0.15, 0.2) is 24.3 Å². The largest absolute Gasteiger partial charge is 0.353 e. The van der Waals surface area contributed by atoms with Crippen LogP contribution in [0.5, 0.6) is 0 Å². The molecule has 4 nitrogen and oxygen atoms in total. The van der Waals surface area contributed by atoms with Gasteiger partial charge >= 0.3 is 0 Å². The molecule has 2 atom stereocenters. The molecule has 0 amide bonds. The zero-order chi connectivity index (χ0) is 14.0. The van der Waals surface area contributed by atoms with E-state index in [2.05, 4.69) is 0 Å². The van der Waals surface area contributed by atoms with Crippen molar-refractivity contribution in [2.24, 2.45) is 5.73 Å². The number of hydrogen-bond acceptors (Lipinski definition) is 5. The van der Waals surface area contributed by atoms with E-state index in [-0.39, 0.29) is 6.04 Å². The van der Waals surface area contributed by atoms with E-state index in [0.717, 1.165) is 23.5 Å². The fraction of sp³-hybridized carbons (Fsp3) is 0.538. The lowest BCUT2D eigenvalue weighted by Gasteiger charge is -2.36. The lowest BCUT2D eigenvalue weighted by atomic mass is 10.1. The number of rotatable bonds is 3. The highest BCUT2D eigenvalue weighted by Gasteiger charge is 2.31.